The summed E-state index contributed by atoms with van der Waals surface area (Å²) >= 11 is 0. The fourth-order valence-electron chi connectivity index (χ4n) is 5.18. The fourth-order valence-corrected chi connectivity index (χ4v) is 5.18. The number of hydrogen-bond acceptors (Lipinski definition) is 9. The quantitative estimate of drug-likeness (QED) is 0.379. The number of pyridine rings is 1. The molecule has 0 spiro atoms. The van der Waals surface area contributed by atoms with E-state index in [0.29, 0.717) is 37.1 Å². The molecule has 4 rings (SSSR count). The van der Waals surface area contributed by atoms with Gasteiger partial charge in [0.05, 0.1) is 12.1 Å². The van der Waals surface area contributed by atoms with Crippen LogP contribution in [0.1, 0.15) is 37.2 Å². The molecule has 15 heteroatoms. The van der Waals surface area contributed by atoms with Gasteiger partial charge in [-0.2, -0.15) is 0 Å². The summed E-state index contributed by atoms with van der Waals surface area (Å²) in [5, 5.41) is 12.5. The number of rotatable bonds is 10. The smallest absolute Gasteiger partial charge is 0.409 e. The number of para-hydroxylation sites is 1. The Labute approximate surface area is 260 Å². The number of aromatic nitrogens is 1. The van der Waals surface area contributed by atoms with Gasteiger partial charge in [0, 0.05) is 77.2 Å². The van der Waals surface area contributed by atoms with Crippen molar-refractivity contribution in [3.63, 3.8) is 0 Å². The van der Waals surface area contributed by atoms with E-state index in [-0.39, 0.29) is 75.5 Å². The van der Waals surface area contributed by atoms with Crippen LogP contribution in [0.5, 0.6) is 5.75 Å². The van der Waals surface area contributed by atoms with Crippen LogP contribution in [-0.2, 0) is 23.9 Å². The molecule has 242 valence electrons. The zero-order valence-electron chi connectivity index (χ0n) is 25.4. The van der Waals surface area contributed by atoms with Gasteiger partial charge < -0.3 is 39.5 Å². The van der Waals surface area contributed by atoms with E-state index >= 15 is 0 Å². The van der Waals surface area contributed by atoms with Gasteiger partial charge in [0.15, 0.2) is 6.61 Å². The second-order valence-corrected chi connectivity index (χ2v) is 10.7. The lowest BCUT2D eigenvalue weighted by Crippen LogP contribution is -2.56. The highest BCUT2D eigenvalue weighted by atomic mass is 16.6. The van der Waals surface area contributed by atoms with E-state index < -0.39 is 29.9 Å². The van der Waals surface area contributed by atoms with Crippen LogP contribution in [0.15, 0.2) is 30.3 Å². The van der Waals surface area contributed by atoms with E-state index in [1.807, 2.05) is 0 Å². The highest BCUT2D eigenvalue weighted by Crippen LogP contribution is 2.26. The molecular formula is C30H38N6O9. The van der Waals surface area contributed by atoms with Gasteiger partial charge in [0.1, 0.15) is 17.5 Å². The first-order valence-electron chi connectivity index (χ1n) is 14.9. The Kier molecular flexibility index (Phi) is 11.1. The van der Waals surface area contributed by atoms with Gasteiger partial charge >= 0.3 is 12.1 Å². The number of ether oxygens (including phenoxy) is 2. The standard InChI is InChI=1S/C30H38N6O9/c1-3-44-30(43)36-16-14-35(15-17-36)29(42)23(8-9-27(39)40)32-28(41)24-18-25(21-6-4-5-7-22(21)31-24)45-19-26(38)34-12-10-33(11-13-34)20(2)37/h4-7,18,23H,3,8-17,19H2,1-2H3,(H,32,41)(H,39,40)/t23-/m0/s1. The Hall–Kier alpha value is -4.95. The van der Waals surface area contributed by atoms with Crippen molar-refractivity contribution < 1.29 is 43.3 Å². The number of carboxylic acid groups (broad SMARTS) is 1. The SMILES string of the molecule is CCOC(=O)N1CCN(C(=O)[C@H](CCC(=O)O)NC(=O)c2cc(OCC(=O)N3CCN(C(C)=O)CC3)c3ccccc3n2)CC1. The van der Waals surface area contributed by atoms with E-state index in [9.17, 15) is 33.9 Å². The minimum absolute atomic E-state index is 0.0455. The number of carbonyl (C=O) groups is 6. The van der Waals surface area contributed by atoms with E-state index in [1.165, 1.54) is 22.8 Å². The number of fused-ring (bicyclic) bond motifs is 1. The molecule has 1 aromatic carbocycles. The number of benzene rings is 1. The molecule has 0 unspecified atom stereocenters. The topological polar surface area (TPSA) is 179 Å². The lowest BCUT2D eigenvalue weighted by molar-refractivity contribution is -0.139. The maximum absolute atomic E-state index is 13.4. The van der Waals surface area contributed by atoms with E-state index in [0.717, 1.165) is 0 Å². The third-order valence-electron chi connectivity index (χ3n) is 7.71. The summed E-state index contributed by atoms with van der Waals surface area (Å²) in [6, 6.07) is 7.14. The van der Waals surface area contributed by atoms with Crippen molar-refractivity contribution in [2.45, 2.75) is 32.7 Å². The van der Waals surface area contributed by atoms with Crippen molar-refractivity contribution in [3.05, 3.63) is 36.0 Å². The van der Waals surface area contributed by atoms with Crippen molar-refractivity contribution in [1.82, 2.24) is 29.9 Å². The maximum Gasteiger partial charge on any atom is 0.409 e. The van der Waals surface area contributed by atoms with Gasteiger partial charge in [0.2, 0.25) is 11.8 Å². The molecule has 0 radical (unpaired) electrons. The van der Waals surface area contributed by atoms with Crippen LogP contribution in [0.3, 0.4) is 0 Å². The largest absolute Gasteiger partial charge is 0.483 e. The minimum atomic E-state index is -1.16. The predicted octanol–water partition coefficient (Wildman–Crippen LogP) is 0.568. The average molecular weight is 627 g/mol. The van der Waals surface area contributed by atoms with Crippen LogP contribution in [0.2, 0.25) is 0 Å². The Morgan fingerprint density at radius 3 is 2.18 bits per heavy atom. The normalized spacial score (nSPS) is 15.8. The average Bonchev–Trinajstić information content (AvgIpc) is 3.04. The van der Waals surface area contributed by atoms with Crippen LogP contribution in [0, 0.1) is 0 Å². The molecule has 5 amide bonds. The third kappa shape index (κ3) is 8.58. The number of hydrogen-bond donors (Lipinski definition) is 2. The highest BCUT2D eigenvalue weighted by molar-refractivity contribution is 5.99. The Balaban J connectivity index is 1.46. The van der Waals surface area contributed by atoms with E-state index in [2.05, 4.69) is 10.3 Å². The maximum atomic E-state index is 13.4. The van der Waals surface area contributed by atoms with Gasteiger partial charge in [-0.15, -0.1) is 0 Å². The molecule has 2 fully saturated rings. The zero-order chi connectivity index (χ0) is 32.5. The molecular weight excluding hydrogens is 588 g/mol. The van der Waals surface area contributed by atoms with Crippen molar-refractivity contribution >= 4 is 46.6 Å². The first kappa shape index (κ1) is 33.0. The summed E-state index contributed by atoms with van der Waals surface area (Å²) in [7, 11) is 0. The van der Waals surface area contributed by atoms with Crippen LogP contribution < -0.4 is 10.1 Å². The molecule has 2 aromatic rings. The Morgan fingerprint density at radius 1 is 0.911 bits per heavy atom. The second-order valence-electron chi connectivity index (χ2n) is 10.7. The van der Waals surface area contributed by atoms with Gasteiger partial charge in [-0.3, -0.25) is 24.0 Å². The molecule has 15 nitrogen and oxygen atoms in total. The molecule has 2 N–H and O–H groups in total. The molecule has 1 atom stereocenters. The van der Waals surface area contributed by atoms with Crippen molar-refractivity contribution in [2.24, 2.45) is 0 Å². The van der Waals surface area contributed by atoms with Gasteiger partial charge in [-0.1, -0.05) is 12.1 Å². The molecule has 0 bridgehead atoms. The Bertz CT molecular complexity index is 1430. The molecule has 0 saturated carbocycles. The second kappa shape index (κ2) is 15.2. The zero-order valence-corrected chi connectivity index (χ0v) is 25.4. The van der Waals surface area contributed by atoms with Crippen LogP contribution in [0.4, 0.5) is 4.79 Å². The van der Waals surface area contributed by atoms with Crippen molar-refractivity contribution in [1.29, 1.82) is 0 Å². The fraction of sp³-hybridized carbons (Fsp3) is 0.500. The first-order chi connectivity index (χ1) is 21.6. The predicted molar refractivity (Wildman–Crippen MR) is 159 cm³/mol. The lowest BCUT2D eigenvalue weighted by Gasteiger charge is -2.35. The van der Waals surface area contributed by atoms with Crippen molar-refractivity contribution in [3.8, 4) is 5.75 Å². The molecule has 2 aliphatic rings. The molecule has 0 aliphatic carbocycles. The number of piperazine rings is 2. The first-order valence-corrected chi connectivity index (χ1v) is 14.9. The number of carboxylic acids is 1. The van der Waals surface area contributed by atoms with Crippen LogP contribution in [0.25, 0.3) is 10.9 Å². The minimum Gasteiger partial charge on any atom is -0.483 e. The van der Waals surface area contributed by atoms with Gasteiger partial charge in [-0.25, -0.2) is 9.78 Å². The summed E-state index contributed by atoms with van der Waals surface area (Å²) in [4.78, 5) is 85.4. The van der Waals surface area contributed by atoms with Gasteiger partial charge in [0.25, 0.3) is 11.8 Å². The summed E-state index contributed by atoms with van der Waals surface area (Å²) in [6.45, 7) is 5.63. The summed E-state index contributed by atoms with van der Waals surface area (Å²) < 4.78 is 10.9. The number of aliphatic carboxylic acids is 1. The lowest BCUT2D eigenvalue weighted by atomic mass is 10.1. The summed E-state index contributed by atoms with van der Waals surface area (Å²) in [6.07, 6.45) is -0.986. The van der Waals surface area contributed by atoms with E-state index in [1.54, 1.807) is 41.0 Å². The van der Waals surface area contributed by atoms with Crippen LogP contribution >= 0.6 is 0 Å². The number of nitrogens with zero attached hydrogens (tertiary/aromatic N) is 5. The molecule has 1 aromatic heterocycles. The molecule has 2 saturated heterocycles. The number of nitrogens with one attached hydrogen (secondary N) is 1. The molecule has 45 heavy (non-hydrogen) atoms. The number of amides is 5. The number of carbonyl (C=O) groups excluding carboxylic acids is 5. The molecule has 3 heterocycles. The van der Waals surface area contributed by atoms with Gasteiger partial charge in [-0.05, 0) is 25.5 Å². The Morgan fingerprint density at radius 2 is 1.53 bits per heavy atom. The van der Waals surface area contributed by atoms with E-state index in [4.69, 9.17) is 9.47 Å². The summed E-state index contributed by atoms with van der Waals surface area (Å²) in [5.41, 5.74) is 0.345. The third-order valence-corrected chi connectivity index (χ3v) is 7.71. The highest BCUT2D eigenvalue weighted by Gasteiger charge is 2.31. The summed E-state index contributed by atoms with van der Waals surface area (Å²) in [5.74, 6) is -2.39. The van der Waals surface area contributed by atoms with Crippen LogP contribution in [-0.4, -0.2) is 137 Å². The van der Waals surface area contributed by atoms with Crippen molar-refractivity contribution in [2.75, 3.05) is 65.6 Å². The molecule has 2 aliphatic heterocycles. The monoisotopic (exact) mass is 626 g/mol.